The van der Waals surface area contributed by atoms with E-state index in [1.165, 1.54) is 18.4 Å². The highest BCUT2D eigenvalue weighted by atomic mass is 79.9. The number of aromatic nitrogens is 2. The summed E-state index contributed by atoms with van der Waals surface area (Å²) in [6, 6.07) is 12.4. The summed E-state index contributed by atoms with van der Waals surface area (Å²) in [6.45, 7) is 2.10. The molecule has 0 unspecified atom stereocenters. The summed E-state index contributed by atoms with van der Waals surface area (Å²) >= 11 is 3.70. The van der Waals surface area contributed by atoms with Gasteiger partial charge in [-0.3, -0.25) is 4.57 Å². The number of aryl methyl sites for hydroxylation is 1. The number of imidazole rings is 1. The Morgan fingerprint density at radius 3 is 2.71 bits per heavy atom. The lowest BCUT2D eigenvalue weighted by Gasteiger charge is -2.11. The number of hydrogen-bond donors (Lipinski definition) is 1. The molecule has 1 aromatic heterocycles. The van der Waals surface area contributed by atoms with Crippen molar-refractivity contribution >= 4 is 32.7 Å². The van der Waals surface area contributed by atoms with Gasteiger partial charge in [-0.15, -0.1) is 0 Å². The Bertz CT molecular complexity index is 847. The number of benzene rings is 2. The van der Waals surface area contributed by atoms with E-state index in [4.69, 9.17) is 10.7 Å². The molecule has 1 heterocycles. The van der Waals surface area contributed by atoms with Crippen molar-refractivity contribution in [3.05, 3.63) is 52.3 Å². The van der Waals surface area contributed by atoms with Crippen LogP contribution >= 0.6 is 15.9 Å². The van der Waals surface area contributed by atoms with Crippen molar-refractivity contribution in [3.8, 4) is 5.69 Å². The maximum atomic E-state index is 5.90. The zero-order valence-corrected chi connectivity index (χ0v) is 13.4. The summed E-state index contributed by atoms with van der Waals surface area (Å²) in [5.74, 6) is 1.73. The molecule has 0 bridgehead atoms. The van der Waals surface area contributed by atoms with E-state index in [1.54, 1.807) is 0 Å². The summed E-state index contributed by atoms with van der Waals surface area (Å²) in [4.78, 5) is 4.84. The van der Waals surface area contributed by atoms with Crippen LogP contribution in [-0.2, 0) is 0 Å². The SMILES string of the molecule is Cc1ccc(-n2c(C3CC3)nc3cc(N)ccc32)c(Br)c1. The number of rotatable bonds is 2. The Kier molecular flexibility index (Phi) is 2.82. The van der Waals surface area contributed by atoms with Gasteiger partial charge >= 0.3 is 0 Å². The fourth-order valence-corrected chi connectivity index (χ4v) is 3.45. The zero-order valence-electron chi connectivity index (χ0n) is 11.8. The third-order valence-corrected chi connectivity index (χ3v) is 4.63. The van der Waals surface area contributed by atoms with Crippen LogP contribution in [0.1, 0.15) is 30.1 Å². The Hall–Kier alpha value is -1.81. The van der Waals surface area contributed by atoms with Crippen LogP contribution in [0.3, 0.4) is 0 Å². The van der Waals surface area contributed by atoms with Gasteiger partial charge in [-0.2, -0.15) is 0 Å². The molecule has 0 aliphatic heterocycles. The predicted molar refractivity (Wildman–Crippen MR) is 89.9 cm³/mol. The lowest BCUT2D eigenvalue weighted by Crippen LogP contribution is -2.01. The molecule has 1 saturated carbocycles. The van der Waals surface area contributed by atoms with E-state index in [0.717, 1.165) is 32.7 Å². The molecular formula is C17H16BrN3. The van der Waals surface area contributed by atoms with Gasteiger partial charge in [0.2, 0.25) is 0 Å². The Labute approximate surface area is 131 Å². The topological polar surface area (TPSA) is 43.8 Å². The van der Waals surface area contributed by atoms with Crippen molar-refractivity contribution in [1.29, 1.82) is 0 Å². The minimum Gasteiger partial charge on any atom is -0.399 e. The summed E-state index contributed by atoms with van der Waals surface area (Å²) in [5, 5.41) is 0. The van der Waals surface area contributed by atoms with Gasteiger partial charge < -0.3 is 5.73 Å². The maximum Gasteiger partial charge on any atom is 0.117 e. The monoisotopic (exact) mass is 341 g/mol. The second kappa shape index (κ2) is 4.60. The molecule has 1 fully saturated rings. The van der Waals surface area contributed by atoms with Crippen molar-refractivity contribution in [1.82, 2.24) is 9.55 Å². The van der Waals surface area contributed by atoms with Crippen molar-refractivity contribution in [2.45, 2.75) is 25.7 Å². The predicted octanol–water partition coefficient (Wildman–Crippen LogP) is 4.56. The highest BCUT2D eigenvalue weighted by molar-refractivity contribution is 9.10. The van der Waals surface area contributed by atoms with Crippen LogP contribution in [0.2, 0.25) is 0 Å². The third-order valence-electron chi connectivity index (χ3n) is 3.99. The minimum absolute atomic E-state index is 0.576. The summed E-state index contributed by atoms with van der Waals surface area (Å²) < 4.78 is 3.37. The minimum atomic E-state index is 0.576. The van der Waals surface area contributed by atoms with Crippen LogP contribution in [0.15, 0.2) is 40.9 Å². The molecule has 106 valence electrons. The Balaban J connectivity index is 2.03. The van der Waals surface area contributed by atoms with Crippen LogP contribution in [0.25, 0.3) is 16.7 Å². The average Bonchev–Trinajstić information content (AvgIpc) is 3.21. The second-order valence-electron chi connectivity index (χ2n) is 5.78. The molecule has 0 radical (unpaired) electrons. The first-order chi connectivity index (χ1) is 10.1. The normalized spacial score (nSPS) is 14.8. The van der Waals surface area contributed by atoms with Crippen molar-refractivity contribution < 1.29 is 0 Å². The summed E-state index contributed by atoms with van der Waals surface area (Å²) in [6.07, 6.45) is 2.45. The fourth-order valence-electron chi connectivity index (χ4n) is 2.78. The van der Waals surface area contributed by atoms with E-state index in [-0.39, 0.29) is 0 Å². The van der Waals surface area contributed by atoms with Crippen LogP contribution < -0.4 is 5.73 Å². The zero-order chi connectivity index (χ0) is 14.6. The van der Waals surface area contributed by atoms with Gasteiger partial charge in [-0.25, -0.2) is 4.98 Å². The van der Waals surface area contributed by atoms with E-state index in [0.29, 0.717) is 5.92 Å². The first-order valence-corrected chi connectivity index (χ1v) is 7.97. The van der Waals surface area contributed by atoms with Crippen LogP contribution in [0, 0.1) is 6.92 Å². The summed E-state index contributed by atoms with van der Waals surface area (Å²) in [7, 11) is 0. The fraction of sp³-hybridized carbons (Fsp3) is 0.235. The van der Waals surface area contributed by atoms with Gasteiger partial charge in [0.25, 0.3) is 0 Å². The van der Waals surface area contributed by atoms with Gasteiger partial charge in [0.15, 0.2) is 0 Å². The largest absolute Gasteiger partial charge is 0.399 e. The molecule has 2 N–H and O–H groups in total. The first kappa shape index (κ1) is 12.9. The van der Waals surface area contributed by atoms with Gasteiger partial charge in [0.1, 0.15) is 5.82 Å². The Morgan fingerprint density at radius 2 is 2.00 bits per heavy atom. The molecular weight excluding hydrogens is 326 g/mol. The molecule has 21 heavy (non-hydrogen) atoms. The van der Waals surface area contributed by atoms with Crippen LogP contribution in [0.4, 0.5) is 5.69 Å². The number of nitrogens with zero attached hydrogens (tertiary/aromatic N) is 2. The third kappa shape index (κ3) is 2.14. The number of fused-ring (bicyclic) bond motifs is 1. The van der Waals surface area contributed by atoms with E-state index >= 15 is 0 Å². The summed E-state index contributed by atoms with van der Waals surface area (Å²) in [5.41, 5.74) is 11.2. The molecule has 0 amide bonds. The molecule has 4 heteroatoms. The number of anilines is 1. The van der Waals surface area contributed by atoms with Gasteiger partial charge in [-0.05, 0) is 71.6 Å². The molecule has 0 saturated heterocycles. The highest BCUT2D eigenvalue weighted by Crippen LogP contribution is 2.42. The molecule has 3 aromatic rings. The number of hydrogen-bond acceptors (Lipinski definition) is 2. The second-order valence-corrected chi connectivity index (χ2v) is 6.64. The van der Waals surface area contributed by atoms with E-state index in [9.17, 15) is 0 Å². The van der Waals surface area contributed by atoms with Crippen molar-refractivity contribution in [2.24, 2.45) is 0 Å². The molecule has 2 aromatic carbocycles. The molecule has 1 aliphatic rings. The molecule has 0 atom stereocenters. The maximum absolute atomic E-state index is 5.90. The van der Waals surface area contributed by atoms with E-state index < -0.39 is 0 Å². The standard InChI is InChI=1S/C17H16BrN3/c1-10-2-6-15(13(18)8-10)21-16-7-5-12(19)9-14(16)20-17(21)11-3-4-11/h2,5-9,11H,3-4,19H2,1H3. The molecule has 3 nitrogen and oxygen atoms in total. The molecule has 0 spiro atoms. The van der Waals surface area contributed by atoms with Gasteiger partial charge in [-0.1, -0.05) is 6.07 Å². The average molecular weight is 342 g/mol. The van der Waals surface area contributed by atoms with Crippen LogP contribution in [0.5, 0.6) is 0 Å². The molecule has 4 rings (SSSR count). The quantitative estimate of drug-likeness (QED) is 0.694. The number of nitrogens with two attached hydrogens (primary N) is 1. The highest BCUT2D eigenvalue weighted by Gasteiger charge is 2.30. The number of halogens is 1. The number of nitrogen functional groups attached to an aromatic ring is 1. The Morgan fingerprint density at radius 1 is 1.19 bits per heavy atom. The first-order valence-electron chi connectivity index (χ1n) is 7.18. The smallest absolute Gasteiger partial charge is 0.117 e. The van der Waals surface area contributed by atoms with Gasteiger partial charge in [0.05, 0.1) is 16.7 Å². The van der Waals surface area contributed by atoms with Crippen molar-refractivity contribution in [3.63, 3.8) is 0 Å². The lowest BCUT2D eigenvalue weighted by molar-refractivity contribution is 0.893. The van der Waals surface area contributed by atoms with Gasteiger partial charge in [0, 0.05) is 16.1 Å². The lowest BCUT2D eigenvalue weighted by atomic mass is 10.2. The van der Waals surface area contributed by atoms with Crippen molar-refractivity contribution in [2.75, 3.05) is 5.73 Å². The molecule has 1 aliphatic carbocycles. The van der Waals surface area contributed by atoms with Crippen LogP contribution in [-0.4, -0.2) is 9.55 Å². The van der Waals surface area contributed by atoms with E-state index in [1.807, 2.05) is 12.1 Å². The van der Waals surface area contributed by atoms with E-state index in [2.05, 4.69) is 51.7 Å².